The van der Waals surface area contributed by atoms with Crippen molar-refractivity contribution in [1.29, 1.82) is 0 Å². The first kappa shape index (κ1) is 17.1. The van der Waals surface area contributed by atoms with Crippen molar-refractivity contribution < 1.29 is 0 Å². The molecule has 0 saturated carbocycles. The molecule has 27 heavy (non-hydrogen) atoms. The molecule has 0 saturated heterocycles. The topological polar surface area (TPSA) is 68.5 Å². The maximum Gasteiger partial charge on any atom is 0.224 e. The van der Waals surface area contributed by atoms with E-state index in [2.05, 4.69) is 46.2 Å². The molecule has 136 valence electrons. The van der Waals surface area contributed by atoms with Crippen LogP contribution >= 0.6 is 0 Å². The third-order valence-corrected chi connectivity index (χ3v) is 4.78. The van der Waals surface area contributed by atoms with Crippen molar-refractivity contribution in [2.24, 2.45) is 0 Å². The number of imidazole rings is 1. The Morgan fingerprint density at radius 1 is 0.963 bits per heavy atom. The van der Waals surface area contributed by atoms with E-state index in [4.69, 9.17) is 4.98 Å². The summed E-state index contributed by atoms with van der Waals surface area (Å²) in [4.78, 5) is 17.7. The molecule has 4 aromatic rings. The number of nitrogens with zero attached hydrogens (tertiary/aromatic N) is 5. The quantitative estimate of drug-likeness (QED) is 0.588. The maximum atomic E-state index is 4.74. The fraction of sp³-hybridized carbons (Fsp3) is 0.238. The second-order valence-corrected chi connectivity index (χ2v) is 6.77. The van der Waals surface area contributed by atoms with Crippen molar-refractivity contribution in [1.82, 2.24) is 24.5 Å². The van der Waals surface area contributed by atoms with Crippen molar-refractivity contribution in [3.8, 4) is 5.82 Å². The van der Waals surface area contributed by atoms with E-state index in [9.17, 15) is 0 Å². The molecule has 0 amide bonds. The Hall–Kier alpha value is -3.28. The standard InChI is InChI=1S/C21H22N6/c1-14-10-18-19(11-15(14)2)27(13-25-18)20-16(3)12-24-21(26-20)23-9-6-17-4-7-22-8-5-17/h4-5,7-8,10-13H,6,9H2,1-3H3,(H,23,24,26). The Kier molecular flexibility index (Phi) is 4.54. The normalized spacial score (nSPS) is 11.1. The molecular formula is C21H22N6. The maximum absolute atomic E-state index is 4.74. The molecule has 0 unspecified atom stereocenters. The highest BCUT2D eigenvalue weighted by molar-refractivity contribution is 5.79. The Morgan fingerprint density at radius 3 is 2.56 bits per heavy atom. The molecule has 0 aliphatic rings. The second-order valence-electron chi connectivity index (χ2n) is 6.77. The van der Waals surface area contributed by atoms with Gasteiger partial charge in [0.05, 0.1) is 11.0 Å². The van der Waals surface area contributed by atoms with Crippen molar-refractivity contribution in [2.45, 2.75) is 27.2 Å². The monoisotopic (exact) mass is 358 g/mol. The first-order valence-electron chi connectivity index (χ1n) is 9.03. The molecule has 1 N–H and O–H groups in total. The number of benzene rings is 1. The summed E-state index contributed by atoms with van der Waals surface area (Å²) < 4.78 is 2.03. The molecule has 0 bridgehead atoms. The van der Waals surface area contributed by atoms with Crippen LogP contribution < -0.4 is 5.32 Å². The van der Waals surface area contributed by atoms with Crippen LogP contribution in [0.3, 0.4) is 0 Å². The lowest BCUT2D eigenvalue weighted by atomic mass is 10.1. The molecule has 6 heteroatoms. The molecule has 6 nitrogen and oxygen atoms in total. The number of aromatic nitrogens is 5. The number of fused-ring (bicyclic) bond motifs is 1. The summed E-state index contributed by atoms with van der Waals surface area (Å²) in [6, 6.07) is 8.32. The van der Waals surface area contributed by atoms with E-state index in [1.54, 1.807) is 0 Å². The van der Waals surface area contributed by atoms with Gasteiger partial charge in [-0.15, -0.1) is 0 Å². The zero-order chi connectivity index (χ0) is 18.8. The molecule has 4 rings (SSSR count). The van der Waals surface area contributed by atoms with Crippen LogP contribution in [0.1, 0.15) is 22.3 Å². The van der Waals surface area contributed by atoms with E-state index in [-0.39, 0.29) is 0 Å². The molecule has 0 atom stereocenters. The third kappa shape index (κ3) is 3.51. The predicted molar refractivity (Wildman–Crippen MR) is 107 cm³/mol. The zero-order valence-electron chi connectivity index (χ0n) is 15.8. The number of hydrogen-bond acceptors (Lipinski definition) is 5. The largest absolute Gasteiger partial charge is 0.354 e. The summed E-state index contributed by atoms with van der Waals surface area (Å²) in [5.41, 5.74) is 6.76. The van der Waals surface area contributed by atoms with Crippen LogP contribution in [0, 0.1) is 20.8 Å². The van der Waals surface area contributed by atoms with Crippen LogP contribution in [0.15, 0.2) is 49.2 Å². The molecule has 0 radical (unpaired) electrons. The van der Waals surface area contributed by atoms with Crippen LogP contribution in [0.2, 0.25) is 0 Å². The van der Waals surface area contributed by atoms with Crippen LogP contribution in [-0.2, 0) is 6.42 Å². The zero-order valence-corrected chi connectivity index (χ0v) is 15.8. The Labute approximate surface area is 158 Å². The number of pyridine rings is 1. The van der Waals surface area contributed by atoms with Gasteiger partial charge in [0.2, 0.25) is 5.95 Å². The number of hydrogen-bond donors (Lipinski definition) is 1. The first-order valence-corrected chi connectivity index (χ1v) is 9.03. The predicted octanol–water partition coefficient (Wildman–Crippen LogP) is 3.79. The molecule has 3 aromatic heterocycles. The number of aryl methyl sites for hydroxylation is 3. The van der Waals surface area contributed by atoms with Crippen molar-refractivity contribution >= 4 is 17.0 Å². The van der Waals surface area contributed by atoms with Gasteiger partial charge in [-0.05, 0) is 68.1 Å². The lowest BCUT2D eigenvalue weighted by molar-refractivity contribution is 0.939. The number of nitrogens with one attached hydrogen (secondary N) is 1. The van der Waals surface area contributed by atoms with E-state index in [1.807, 2.05) is 48.5 Å². The van der Waals surface area contributed by atoms with Crippen molar-refractivity contribution in [3.05, 3.63) is 71.4 Å². The highest BCUT2D eigenvalue weighted by Crippen LogP contribution is 2.23. The summed E-state index contributed by atoms with van der Waals surface area (Å²) >= 11 is 0. The fourth-order valence-electron chi connectivity index (χ4n) is 3.06. The lowest BCUT2D eigenvalue weighted by Crippen LogP contribution is -2.10. The first-order chi connectivity index (χ1) is 13.1. The highest BCUT2D eigenvalue weighted by atomic mass is 15.2. The minimum Gasteiger partial charge on any atom is -0.354 e. The van der Waals surface area contributed by atoms with Gasteiger partial charge in [0.1, 0.15) is 12.1 Å². The van der Waals surface area contributed by atoms with E-state index in [0.29, 0.717) is 5.95 Å². The Morgan fingerprint density at radius 2 is 1.74 bits per heavy atom. The van der Waals surface area contributed by atoms with Gasteiger partial charge in [-0.25, -0.2) is 9.97 Å². The molecule has 0 spiro atoms. The van der Waals surface area contributed by atoms with Gasteiger partial charge in [0.15, 0.2) is 0 Å². The van der Waals surface area contributed by atoms with Gasteiger partial charge in [-0.2, -0.15) is 4.98 Å². The Bertz CT molecular complexity index is 1080. The highest BCUT2D eigenvalue weighted by Gasteiger charge is 2.11. The molecule has 0 fully saturated rings. The average molecular weight is 358 g/mol. The van der Waals surface area contributed by atoms with E-state index < -0.39 is 0 Å². The smallest absolute Gasteiger partial charge is 0.224 e. The van der Waals surface area contributed by atoms with Crippen LogP contribution in [0.4, 0.5) is 5.95 Å². The summed E-state index contributed by atoms with van der Waals surface area (Å²) in [5, 5.41) is 3.31. The van der Waals surface area contributed by atoms with E-state index in [1.165, 1.54) is 16.7 Å². The summed E-state index contributed by atoms with van der Waals surface area (Å²) in [6.07, 6.45) is 8.19. The molecule has 3 heterocycles. The molecule has 1 aromatic carbocycles. The third-order valence-electron chi connectivity index (χ3n) is 4.78. The summed E-state index contributed by atoms with van der Waals surface area (Å²) in [7, 11) is 0. The fourth-order valence-corrected chi connectivity index (χ4v) is 3.06. The second kappa shape index (κ2) is 7.15. The molecule has 0 aliphatic carbocycles. The number of anilines is 1. The van der Waals surface area contributed by atoms with Gasteiger partial charge in [-0.1, -0.05) is 0 Å². The van der Waals surface area contributed by atoms with Gasteiger partial charge in [0.25, 0.3) is 0 Å². The summed E-state index contributed by atoms with van der Waals surface area (Å²) in [5.74, 6) is 1.47. The minimum atomic E-state index is 0.621. The van der Waals surface area contributed by atoms with E-state index in [0.717, 1.165) is 35.4 Å². The van der Waals surface area contributed by atoms with Crippen molar-refractivity contribution in [2.75, 3.05) is 11.9 Å². The Balaban J connectivity index is 1.60. The molecule has 0 aliphatic heterocycles. The number of rotatable bonds is 5. The van der Waals surface area contributed by atoms with Crippen LogP contribution in [0.25, 0.3) is 16.9 Å². The van der Waals surface area contributed by atoms with Gasteiger partial charge in [-0.3, -0.25) is 9.55 Å². The molecular weight excluding hydrogens is 336 g/mol. The van der Waals surface area contributed by atoms with Gasteiger partial charge in [0, 0.05) is 30.7 Å². The van der Waals surface area contributed by atoms with E-state index >= 15 is 0 Å². The van der Waals surface area contributed by atoms with Gasteiger partial charge >= 0.3 is 0 Å². The van der Waals surface area contributed by atoms with Gasteiger partial charge < -0.3 is 5.32 Å². The van der Waals surface area contributed by atoms with Crippen molar-refractivity contribution in [3.63, 3.8) is 0 Å². The van der Waals surface area contributed by atoms with Crippen LogP contribution in [-0.4, -0.2) is 31.0 Å². The lowest BCUT2D eigenvalue weighted by Gasteiger charge is -2.11. The van der Waals surface area contributed by atoms with Crippen LogP contribution in [0.5, 0.6) is 0 Å². The average Bonchev–Trinajstić information content (AvgIpc) is 3.07. The summed E-state index contributed by atoms with van der Waals surface area (Å²) in [6.45, 7) is 7.00. The SMILES string of the molecule is Cc1cc2ncn(-c3nc(NCCc4ccncc4)ncc3C)c2cc1C. The minimum absolute atomic E-state index is 0.621.